The Kier molecular flexibility index (Phi) is 12.0. The first-order valence-corrected chi connectivity index (χ1v) is 34.9. The van der Waals surface area contributed by atoms with Crippen molar-refractivity contribution in [3.05, 3.63) is 320 Å². The molecule has 0 bridgehead atoms. The zero-order chi connectivity index (χ0) is 72.2. The van der Waals surface area contributed by atoms with Crippen LogP contribution in [0.3, 0.4) is 0 Å². The summed E-state index contributed by atoms with van der Waals surface area (Å²) in [6.45, 7) is 13.4. The van der Waals surface area contributed by atoms with E-state index in [1.54, 1.807) is 15.9 Å². The Morgan fingerprint density at radius 1 is 0.351 bits per heavy atom. The third-order valence-corrected chi connectivity index (χ3v) is 22.1. The smallest absolute Gasteiger partial charge is 0.249 e. The fraction of sp³-hybridized carbons (Fsp3) is 0.0870. The van der Waals surface area contributed by atoms with Crippen molar-refractivity contribution in [2.24, 2.45) is 0 Å². The highest BCUT2D eigenvalue weighted by Gasteiger charge is 2.44. The molecule has 0 aliphatic carbocycles. The highest BCUT2D eigenvalue weighted by atomic mass is 32.2. The molecule has 0 fully saturated rings. The van der Waals surface area contributed by atoms with Crippen molar-refractivity contribution in [2.45, 2.75) is 62.2 Å². The van der Waals surface area contributed by atoms with Gasteiger partial charge in [0.25, 0.3) is 0 Å². The number of nitrogens with zero attached hydrogens (tertiary/aromatic N) is 2. The first-order valence-electron chi connectivity index (χ1n) is 37.2. The van der Waals surface area contributed by atoms with Crippen molar-refractivity contribution in [2.75, 3.05) is 4.90 Å². The molecule has 2 nitrogen and oxygen atoms in total. The number of hydrogen-bond acceptors (Lipinski definition) is 3. The number of fused-ring (bicyclic) bond motifs is 10. The summed E-state index contributed by atoms with van der Waals surface area (Å²) in [5, 5.41) is 2.42. The number of thiophene rings is 1. The molecule has 16 aromatic rings. The summed E-state index contributed by atoms with van der Waals surface area (Å²) in [5.41, 5.74) is 23.1. The number of para-hydroxylation sites is 3. The second kappa shape index (κ2) is 23.0. The van der Waals surface area contributed by atoms with E-state index in [4.69, 9.17) is 2.74 Å². The van der Waals surface area contributed by atoms with E-state index in [0.717, 1.165) is 121 Å². The molecular formula is C92H69BN2S2. The van der Waals surface area contributed by atoms with Gasteiger partial charge < -0.3 is 9.47 Å². The topological polar surface area (TPSA) is 8.17 Å². The minimum atomic E-state index is -0.494. The van der Waals surface area contributed by atoms with Crippen LogP contribution in [0.4, 0.5) is 17.1 Å². The number of anilines is 3. The lowest BCUT2D eigenvalue weighted by Gasteiger charge is -2.42. The van der Waals surface area contributed by atoms with Crippen LogP contribution < -0.4 is 21.3 Å². The fourth-order valence-corrected chi connectivity index (χ4v) is 17.3. The van der Waals surface area contributed by atoms with Gasteiger partial charge in [0, 0.05) is 68.9 Å². The summed E-state index contributed by atoms with van der Waals surface area (Å²) in [7, 11) is 0. The van der Waals surface area contributed by atoms with Crippen molar-refractivity contribution in [1.82, 2.24) is 4.57 Å². The molecule has 5 heteroatoms. The van der Waals surface area contributed by atoms with E-state index in [1.165, 1.54) is 31.3 Å². The van der Waals surface area contributed by atoms with Crippen molar-refractivity contribution in [3.8, 4) is 83.6 Å². The lowest BCUT2D eigenvalue weighted by molar-refractivity contribution is 0.569. The largest absolute Gasteiger partial charge is 0.310 e. The van der Waals surface area contributed by atoms with Gasteiger partial charge in [0.2, 0.25) is 6.71 Å². The van der Waals surface area contributed by atoms with E-state index < -0.39 is 30.9 Å². The van der Waals surface area contributed by atoms with Gasteiger partial charge in [-0.3, -0.25) is 0 Å². The van der Waals surface area contributed by atoms with Crippen LogP contribution in [0, 0.1) is 0 Å². The molecule has 0 amide bonds. The zero-order valence-electron chi connectivity index (χ0n) is 62.6. The second-order valence-electron chi connectivity index (χ2n) is 27.8. The SMILES string of the molecule is [2H]c1c([2H])c([2H])c2c(c1[2H])c1c([2H])c([2H])c([2H])c([2H])c1n2-c1ccc2c(c1)N(c1c(-c3ccccc3)cccc1-c1ccccc1)c1cc(-c3ccc4sc5ccccc5c4c3)cc3c1B2c1cc(-c2cc(-c4ccccc4)cc(-c4ccccc4)c2)cc(-c2cc(C(C)(C)C)cc(C(C)(C)C)c2)c1S3. The van der Waals surface area contributed by atoms with Crippen LogP contribution in [-0.4, -0.2) is 11.3 Å². The number of hydrogen-bond donors (Lipinski definition) is 0. The first-order chi connectivity index (χ1) is 50.7. The van der Waals surface area contributed by atoms with Gasteiger partial charge in [-0.2, -0.15) is 0 Å². The van der Waals surface area contributed by atoms with Crippen LogP contribution in [0.5, 0.6) is 0 Å². The zero-order valence-corrected chi connectivity index (χ0v) is 56.2. The summed E-state index contributed by atoms with van der Waals surface area (Å²) < 4.78 is 79.5. The maximum Gasteiger partial charge on any atom is 0.249 e. The third-order valence-electron chi connectivity index (χ3n) is 19.7. The lowest BCUT2D eigenvalue weighted by atomic mass is 9.34. The van der Waals surface area contributed by atoms with Crippen LogP contribution in [0.25, 0.3) is 126 Å². The molecule has 0 atom stereocenters. The molecule has 0 spiro atoms. The van der Waals surface area contributed by atoms with E-state index in [0.29, 0.717) is 5.69 Å². The number of aromatic nitrogens is 1. The molecule has 14 aromatic carbocycles. The van der Waals surface area contributed by atoms with Gasteiger partial charge in [-0.1, -0.05) is 289 Å². The van der Waals surface area contributed by atoms with E-state index in [2.05, 4.69) is 289 Å². The van der Waals surface area contributed by atoms with E-state index in [9.17, 15) is 8.22 Å². The predicted octanol–water partition coefficient (Wildman–Crippen LogP) is 24.2. The maximum atomic E-state index is 9.83. The van der Waals surface area contributed by atoms with Gasteiger partial charge in [-0.15, -0.1) is 11.3 Å². The van der Waals surface area contributed by atoms with Crippen molar-refractivity contribution >= 4 is 105 Å². The average molecular weight is 1290 g/mol. The molecule has 0 saturated heterocycles. The van der Waals surface area contributed by atoms with Crippen molar-refractivity contribution < 1.29 is 11.0 Å². The van der Waals surface area contributed by atoms with Gasteiger partial charge in [0.1, 0.15) is 0 Å². The van der Waals surface area contributed by atoms with E-state index in [1.807, 2.05) is 30.0 Å². The molecule has 0 saturated carbocycles. The first kappa shape index (κ1) is 50.7. The fourth-order valence-electron chi connectivity index (χ4n) is 14.9. The molecular weight excluding hydrogens is 1210 g/mol. The summed E-state index contributed by atoms with van der Waals surface area (Å²) in [6.07, 6.45) is 0. The van der Waals surface area contributed by atoms with Crippen LogP contribution >= 0.6 is 23.1 Å². The Morgan fingerprint density at radius 2 is 0.876 bits per heavy atom. The normalized spacial score (nSPS) is 13.9. The second-order valence-corrected chi connectivity index (χ2v) is 30.0. The summed E-state index contributed by atoms with van der Waals surface area (Å²) in [6, 6.07) is 91.2. The van der Waals surface area contributed by atoms with Crippen LogP contribution in [-0.2, 0) is 10.8 Å². The predicted molar refractivity (Wildman–Crippen MR) is 419 cm³/mol. The number of rotatable bonds is 9. The molecule has 0 radical (unpaired) electrons. The Labute approximate surface area is 588 Å². The summed E-state index contributed by atoms with van der Waals surface area (Å²) in [4.78, 5) is 4.66. The standard InChI is InChI=1S/C92H69BN2S2/c1-91(2,3)69-49-68(50-70(56-69)92(4,5)6)77-52-66(65-47-63(58-26-11-7-12-27-58)46-64(48-65)59-28-13-8-14-29-59)53-80-90(77)97-87-55-67(62-42-45-86-78(51-62)76-36-21-24-41-85(76)96-86)54-84-88(87)93(80)79-44-43-71(94-81-39-22-19-34-74(81)75-35-20-23-40-82(75)94)57-83(79)95(84)89-72(60-30-15-9-16-31-60)37-25-38-73(89)61-32-17-10-18-33-61/h7-57H,1-6H3/i19D,20D,22D,23D,34D,35D,39D,40D. The van der Waals surface area contributed by atoms with Gasteiger partial charge in [-0.25, -0.2) is 0 Å². The molecule has 97 heavy (non-hydrogen) atoms. The Morgan fingerprint density at radius 3 is 1.47 bits per heavy atom. The molecule has 18 rings (SSSR count). The molecule has 0 N–H and O–H groups in total. The van der Waals surface area contributed by atoms with Crippen LogP contribution in [0.15, 0.2) is 319 Å². The summed E-state index contributed by atoms with van der Waals surface area (Å²) in [5.74, 6) is 0. The molecule has 0 unspecified atom stereocenters. The number of benzene rings is 14. The van der Waals surface area contributed by atoms with Crippen LogP contribution in [0.1, 0.15) is 63.6 Å². The van der Waals surface area contributed by atoms with E-state index >= 15 is 0 Å². The maximum absolute atomic E-state index is 9.83. The van der Waals surface area contributed by atoms with Crippen LogP contribution in [0.2, 0.25) is 0 Å². The highest BCUT2D eigenvalue weighted by molar-refractivity contribution is 8.00. The molecule has 2 aliphatic rings. The Balaban J connectivity index is 1.02. The molecule has 2 aromatic heterocycles. The van der Waals surface area contributed by atoms with Gasteiger partial charge >= 0.3 is 0 Å². The minimum Gasteiger partial charge on any atom is -0.310 e. The summed E-state index contributed by atoms with van der Waals surface area (Å²) >= 11 is 3.63. The van der Waals surface area contributed by atoms with Crippen molar-refractivity contribution in [1.29, 1.82) is 0 Å². The quantitative estimate of drug-likeness (QED) is 0.133. The van der Waals surface area contributed by atoms with Crippen molar-refractivity contribution in [3.63, 3.8) is 0 Å². The lowest BCUT2D eigenvalue weighted by Crippen LogP contribution is -2.60. The third kappa shape index (κ3) is 10.1. The average Bonchev–Trinajstić information content (AvgIpc) is 1.53. The Hall–Kier alpha value is -10.7. The molecule has 2 aliphatic heterocycles. The van der Waals surface area contributed by atoms with Gasteiger partial charge in [0.05, 0.1) is 27.7 Å². The van der Waals surface area contributed by atoms with Gasteiger partial charge in [-0.05, 0) is 178 Å². The molecule has 462 valence electrons. The highest BCUT2D eigenvalue weighted by Crippen LogP contribution is 2.53. The Bertz CT molecular complexity index is 6090. The van der Waals surface area contributed by atoms with E-state index in [-0.39, 0.29) is 56.8 Å². The monoisotopic (exact) mass is 1280 g/mol. The van der Waals surface area contributed by atoms with Gasteiger partial charge in [0.15, 0.2) is 0 Å². The molecule has 4 heterocycles. The minimum absolute atomic E-state index is 0.0172.